The number of nitrogen functional groups attached to an aromatic ring is 1. The van der Waals surface area contributed by atoms with E-state index < -0.39 is 0 Å². The summed E-state index contributed by atoms with van der Waals surface area (Å²) in [6.07, 6.45) is 3.77. The maximum Gasteiger partial charge on any atom is 0.220 e. The molecule has 0 saturated carbocycles. The van der Waals surface area contributed by atoms with E-state index in [1.54, 1.807) is 4.68 Å². The molecule has 1 aromatic carbocycles. The Morgan fingerprint density at radius 1 is 1.30 bits per heavy atom. The van der Waals surface area contributed by atoms with E-state index >= 15 is 0 Å². The van der Waals surface area contributed by atoms with E-state index in [-0.39, 0.29) is 5.91 Å². The fourth-order valence-electron chi connectivity index (χ4n) is 2.02. The minimum absolute atomic E-state index is 0.0455. The predicted octanol–water partition coefficient (Wildman–Crippen LogP) is 1.29. The number of benzene rings is 1. The summed E-state index contributed by atoms with van der Waals surface area (Å²) in [5, 5.41) is 7.16. The first-order chi connectivity index (χ1) is 9.65. The molecule has 0 aliphatic heterocycles. The number of carbonyl (C=O) groups excluding carboxylic acids is 1. The van der Waals surface area contributed by atoms with Crippen molar-refractivity contribution in [1.29, 1.82) is 0 Å². The van der Waals surface area contributed by atoms with Gasteiger partial charge in [-0.2, -0.15) is 5.10 Å². The van der Waals surface area contributed by atoms with Gasteiger partial charge < -0.3 is 11.1 Å². The molecule has 0 aliphatic carbocycles. The first-order valence-corrected chi connectivity index (χ1v) is 6.74. The van der Waals surface area contributed by atoms with Crippen molar-refractivity contribution < 1.29 is 4.79 Å². The minimum Gasteiger partial charge on any atom is -0.399 e. The van der Waals surface area contributed by atoms with Gasteiger partial charge in [-0.25, -0.2) is 0 Å². The SMILES string of the molecule is Cn1ccc(CCNC(=O)CCc2ccccc2N)n1. The third-order valence-electron chi connectivity index (χ3n) is 3.15. The molecule has 0 fully saturated rings. The van der Waals surface area contributed by atoms with Crippen LogP contribution in [0.3, 0.4) is 0 Å². The largest absolute Gasteiger partial charge is 0.399 e. The van der Waals surface area contributed by atoms with Crippen LogP contribution in [0.15, 0.2) is 36.5 Å². The van der Waals surface area contributed by atoms with Crippen LogP contribution < -0.4 is 11.1 Å². The van der Waals surface area contributed by atoms with Gasteiger partial charge in [-0.1, -0.05) is 18.2 Å². The highest BCUT2D eigenvalue weighted by molar-refractivity contribution is 5.76. The van der Waals surface area contributed by atoms with Crippen LogP contribution in [0.5, 0.6) is 0 Å². The Balaban J connectivity index is 1.69. The van der Waals surface area contributed by atoms with Gasteiger partial charge in [0.05, 0.1) is 5.69 Å². The van der Waals surface area contributed by atoms with Gasteiger partial charge in [0.15, 0.2) is 0 Å². The summed E-state index contributed by atoms with van der Waals surface area (Å²) in [4.78, 5) is 11.7. The zero-order valence-corrected chi connectivity index (χ0v) is 11.7. The molecule has 0 unspecified atom stereocenters. The van der Waals surface area contributed by atoms with Crippen molar-refractivity contribution in [3.8, 4) is 0 Å². The number of hydrogen-bond donors (Lipinski definition) is 2. The van der Waals surface area contributed by atoms with Gasteiger partial charge >= 0.3 is 0 Å². The smallest absolute Gasteiger partial charge is 0.220 e. The Labute approximate surface area is 118 Å². The Bertz CT molecular complexity index is 577. The van der Waals surface area contributed by atoms with Crippen molar-refractivity contribution in [3.63, 3.8) is 0 Å². The van der Waals surface area contributed by atoms with Gasteiger partial charge in [-0.15, -0.1) is 0 Å². The first-order valence-electron chi connectivity index (χ1n) is 6.74. The van der Waals surface area contributed by atoms with Crippen molar-refractivity contribution in [2.75, 3.05) is 12.3 Å². The highest BCUT2D eigenvalue weighted by atomic mass is 16.1. The highest BCUT2D eigenvalue weighted by Crippen LogP contribution is 2.12. The summed E-state index contributed by atoms with van der Waals surface area (Å²) in [5.74, 6) is 0.0455. The molecule has 1 heterocycles. The fraction of sp³-hybridized carbons (Fsp3) is 0.333. The molecule has 0 saturated heterocycles. The second-order valence-electron chi connectivity index (χ2n) is 4.78. The van der Waals surface area contributed by atoms with Crippen LogP contribution in [0, 0.1) is 0 Å². The molecule has 2 rings (SSSR count). The molecular weight excluding hydrogens is 252 g/mol. The van der Waals surface area contributed by atoms with Crippen molar-refractivity contribution in [2.45, 2.75) is 19.3 Å². The number of amides is 1. The second-order valence-corrected chi connectivity index (χ2v) is 4.78. The summed E-state index contributed by atoms with van der Waals surface area (Å²) < 4.78 is 1.76. The zero-order chi connectivity index (χ0) is 14.4. The quantitative estimate of drug-likeness (QED) is 0.778. The minimum atomic E-state index is 0.0455. The Hall–Kier alpha value is -2.30. The van der Waals surface area contributed by atoms with Crippen LogP contribution in [0.4, 0.5) is 5.69 Å². The van der Waals surface area contributed by atoms with E-state index in [1.165, 1.54) is 0 Å². The van der Waals surface area contributed by atoms with Gasteiger partial charge in [0, 0.05) is 38.3 Å². The van der Waals surface area contributed by atoms with Crippen LogP contribution in [0.2, 0.25) is 0 Å². The number of aryl methyl sites for hydroxylation is 2. The van der Waals surface area contributed by atoms with Crippen LogP contribution in [0.1, 0.15) is 17.7 Å². The number of anilines is 1. The molecule has 5 heteroatoms. The third kappa shape index (κ3) is 4.12. The van der Waals surface area contributed by atoms with E-state index in [2.05, 4.69) is 10.4 Å². The number of para-hydroxylation sites is 1. The number of nitrogens with one attached hydrogen (secondary N) is 1. The molecule has 0 spiro atoms. The maximum absolute atomic E-state index is 11.7. The van der Waals surface area contributed by atoms with Crippen LogP contribution in [-0.4, -0.2) is 22.2 Å². The molecule has 20 heavy (non-hydrogen) atoms. The second kappa shape index (κ2) is 6.75. The number of nitrogens with two attached hydrogens (primary N) is 1. The molecule has 5 nitrogen and oxygen atoms in total. The van der Waals surface area contributed by atoms with Crippen molar-refractivity contribution in [3.05, 3.63) is 47.8 Å². The van der Waals surface area contributed by atoms with E-state index in [0.29, 0.717) is 19.4 Å². The average molecular weight is 272 g/mol. The van der Waals surface area contributed by atoms with Crippen molar-refractivity contribution >= 4 is 11.6 Å². The van der Waals surface area contributed by atoms with E-state index in [0.717, 1.165) is 23.4 Å². The zero-order valence-electron chi connectivity index (χ0n) is 11.7. The normalized spacial score (nSPS) is 10.4. The van der Waals surface area contributed by atoms with Crippen LogP contribution >= 0.6 is 0 Å². The Morgan fingerprint density at radius 2 is 2.10 bits per heavy atom. The standard InChI is InChI=1S/C15H20N4O/c1-19-11-9-13(18-19)8-10-17-15(20)7-6-12-4-2-3-5-14(12)16/h2-5,9,11H,6-8,10,16H2,1H3,(H,17,20). The van der Waals surface area contributed by atoms with Crippen molar-refractivity contribution in [1.82, 2.24) is 15.1 Å². The average Bonchev–Trinajstić information content (AvgIpc) is 2.83. The van der Waals surface area contributed by atoms with Crippen LogP contribution in [0.25, 0.3) is 0 Å². The Kier molecular flexibility index (Phi) is 4.76. The van der Waals surface area contributed by atoms with Gasteiger partial charge in [-0.05, 0) is 24.1 Å². The molecule has 3 N–H and O–H groups in total. The summed E-state index contributed by atoms with van der Waals surface area (Å²) in [5.41, 5.74) is 8.59. The lowest BCUT2D eigenvalue weighted by Gasteiger charge is -2.06. The number of hydrogen-bond acceptors (Lipinski definition) is 3. The molecule has 0 aliphatic rings. The molecule has 0 radical (unpaired) electrons. The lowest BCUT2D eigenvalue weighted by atomic mass is 10.1. The molecule has 106 valence electrons. The third-order valence-corrected chi connectivity index (χ3v) is 3.15. The van der Waals surface area contributed by atoms with E-state index in [1.807, 2.05) is 43.6 Å². The molecule has 2 aromatic rings. The summed E-state index contributed by atoms with van der Waals surface area (Å²) >= 11 is 0. The van der Waals surface area contributed by atoms with Gasteiger partial charge in [0.25, 0.3) is 0 Å². The molecule has 1 aromatic heterocycles. The van der Waals surface area contributed by atoms with Gasteiger partial charge in [-0.3, -0.25) is 9.48 Å². The summed E-state index contributed by atoms with van der Waals surface area (Å²) in [6.45, 7) is 0.611. The molecule has 0 atom stereocenters. The van der Waals surface area contributed by atoms with E-state index in [4.69, 9.17) is 5.73 Å². The lowest BCUT2D eigenvalue weighted by molar-refractivity contribution is -0.121. The lowest BCUT2D eigenvalue weighted by Crippen LogP contribution is -2.26. The summed E-state index contributed by atoms with van der Waals surface area (Å²) in [7, 11) is 1.88. The molecule has 0 bridgehead atoms. The number of nitrogens with zero attached hydrogens (tertiary/aromatic N) is 2. The molecular formula is C15H20N4O. The number of rotatable bonds is 6. The predicted molar refractivity (Wildman–Crippen MR) is 79.1 cm³/mol. The van der Waals surface area contributed by atoms with Crippen molar-refractivity contribution in [2.24, 2.45) is 7.05 Å². The monoisotopic (exact) mass is 272 g/mol. The number of aromatic nitrogens is 2. The first kappa shape index (κ1) is 14.1. The van der Waals surface area contributed by atoms with Gasteiger partial charge in [0.2, 0.25) is 5.91 Å². The van der Waals surface area contributed by atoms with Gasteiger partial charge in [0.1, 0.15) is 0 Å². The summed E-state index contributed by atoms with van der Waals surface area (Å²) in [6, 6.07) is 9.60. The van der Waals surface area contributed by atoms with Crippen LogP contribution in [-0.2, 0) is 24.7 Å². The molecule has 1 amide bonds. The highest BCUT2D eigenvalue weighted by Gasteiger charge is 2.04. The van der Waals surface area contributed by atoms with E-state index in [9.17, 15) is 4.79 Å². The topological polar surface area (TPSA) is 72.9 Å². The maximum atomic E-state index is 11.7. The Morgan fingerprint density at radius 3 is 2.80 bits per heavy atom. The number of carbonyl (C=O) groups is 1. The fourth-order valence-corrected chi connectivity index (χ4v) is 2.02.